The zero-order valence-electron chi connectivity index (χ0n) is 12.7. The van der Waals surface area contributed by atoms with E-state index in [-0.39, 0.29) is 12.1 Å². The van der Waals surface area contributed by atoms with Gasteiger partial charge in [0.05, 0.1) is 12.1 Å². The van der Waals surface area contributed by atoms with Crippen LogP contribution in [-0.4, -0.2) is 19.3 Å². The molecule has 1 N–H and O–H groups in total. The van der Waals surface area contributed by atoms with Crippen LogP contribution in [0.5, 0.6) is 0 Å². The quantitative estimate of drug-likeness (QED) is 0.810. The largest absolute Gasteiger partial charge is 0.377 e. The van der Waals surface area contributed by atoms with Crippen LogP contribution in [0.3, 0.4) is 0 Å². The number of nitrogens with one attached hydrogen (secondary N) is 1. The average molecular weight is 271 g/mol. The smallest absolute Gasteiger partial charge is 0.0741 e. The third-order valence-corrected chi connectivity index (χ3v) is 3.67. The van der Waals surface area contributed by atoms with E-state index in [1.165, 1.54) is 16.3 Å². The Kier molecular flexibility index (Phi) is 5.57. The van der Waals surface area contributed by atoms with Gasteiger partial charge >= 0.3 is 0 Å². The van der Waals surface area contributed by atoms with Gasteiger partial charge in [-0.15, -0.1) is 0 Å². The molecule has 2 aromatic rings. The first-order valence-corrected chi connectivity index (χ1v) is 7.60. The van der Waals surface area contributed by atoms with Crippen molar-refractivity contribution in [1.29, 1.82) is 0 Å². The molecule has 108 valence electrons. The maximum absolute atomic E-state index is 5.84. The van der Waals surface area contributed by atoms with E-state index in [0.717, 1.165) is 19.6 Å². The molecule has 2 heteroatoms. The minimum Gasteiger partial charge on any atom is -0.377 e. The summed E-state index contributed by atoms with van der Waals surface area (Å²) in [5.41, 5.74) is 1.33. The molecule has 0 saturated heterocycles. The van der Waals surface area contributed by atoms with Crippen molar-refractivity contribution in [2.75, 3.05) is 13.2 Å². The first kappa shape index (κ1) is 15.0. The van der Waals surface area contributed by atoms with E-state index in [1.807, 2.05) is 0 Å². The molecule has 0 amide bonds. The molecule has 0 aliphatic rings. The van der Waals surface area contributed by atoms with Gasteiger partial charge in [-0.3, -0.25) is 0 Å². The maximum Gasteiger partial charge on any atom is 0.0741 e. The molecule has 0 saturated carbocycles. The first-order chi connectivity index (χ1) is 9.77. The van der Waals surface area contributed by atoms with Crippen molar-refractivity contribution in [3.8, 4) is 0 Å². The van der Waals surface area contributed by atoms with Crippen LogP contribution in [-0.2, 0) is 4.74 Å². The van der Waals surface area contributed by atoms with E-state index < -0.39 is 0 Å². The van der Waals surface area contributed by atoms with Gasteiger partial charge < -0.3 is 10.1 Å². The van der Waals surface area contributed by atoms with Crippen molar-refractivity contribution >= 4 is 10.8 Å². The fraction of sp³-hybridized carbons (Fsp3) is 0.444. The molecule has 0 fully saturated rings. The zero-order valence-corrected chi connectivity index (χ0v) is 12.7. The lowest BCUT2D eigenvalue weighted by Crippen LogP contribution is -2.32. The lowest BCUT2D eigenvalue weighted by Gasteiger charge is -2.26. The predicted molar refractivity (Wildman–Crippen MR) is 86.1 cm³/mol. The summed E-state index contributed by atoms with van der Waals surface area (Å²) in [6.45, 7) is 8.15. The number of hydrogen-bond acceptors (Lipinski definition) is 2. The van der Waals surface area contributed by atoms with Gasteiger partial charge in [-0.2, -0.15) is 0 Å². The van der Waals surface area contributed by atoms with Gasteiger partial charge in [-0.25, -0.2) is 0 Å². The summed E-state index contributed by atoms with van der Waals surface area (Å²) in [4.78, 5) is 0. The third kappa shape index (κ3) is 3.38. The minimum absolute atomic E-state index is 0.164. The highest BCUT2D eigenvalue weighted by Crippen LogP contribution is 2.27. The van der Waals surface area contributed by atoms with Crippen LogP contribution in [0.15, 0.2) is 42.5 Å². The van der Waals surface area contributed by atoms with Crippen LogP contribution in [0.2, 0.25) is 0 Å². The Hall–Kier alpha value is -1.38. The molecule has 0 radical (unpaired) electrons. The number of rotatable bonds is 7. The fourth-order valence-electron chi connectivity index (χ4n) is 2.71. The Bertz CT molecular complexity index is 532. The molecule has 0 aliphatic heterocycles. The predicted octanol–water partition coefficient (Wildman–Crippen LogP) is 4.31. The van der Waals surface area contributed by atoms with Crippen LogP contribution < -0.4 is 5.32 Å². The van der Waals surface area contributed by atoms with Crippen molar-refractivity contribution < 1.29 is 4.74 Å². The summed E-state index contributed by atoms with van der Waals surface area (Å²) in [5, 5.41) is 6.24. The van der Waals surface area contributed by atoms with Crippen molar-refractivity contribution in [3.63, 3.8) is 0 Å². The average Bonchev–Trinajstić information content (AvgIpc) is 2.48. The van der Waals surface area contributed by atoms with Crippen LogP contribution >= 0.6 is 0 Å². The van der Waals surface area contributed by atoms with E-state index in [2.05, 4.69) is 68.6 Å². The van der Waals surface area contributed by atoms with E-state index in [9.17, 15) is 0 Å². The van der Waals surface area contributed by atoms with Gasteiger partial charge in [0.25, 0.3) is 0 Å². The van der Waals surface area contributed by atoms with Gasteiger partial charge in [-0.1, -0.05) is 49.4 Å². The molecule has 0 aliphatic carbocycles. The lowest BCUT2D eigenvalue weighted by atomic mass is 9.95. The molecule has 2 atom stereocenters. The highest BCUT2D eigenvalue weighted by atomic mass is 16.5. The van der Waals surface area contributed by atoms with Gasteiger partial charge in [0, 0.05) is 6.61 Å². The van der Waals surface area contributed by atoms with Crippen molar-refractivity contribution in [2.45, 2.75) is 39.3 Å². The number of ether oxygens (including phenoxy) is 1. The Balaban J connectivity index is 2.39. The second-order valence-corrected chi connectivity index (χ2v) is 5.16. The molecule has 0 spiro atoms. The van der Waals surface area contributed by atoms with Crippen LogP contribution in [0.25, 0.3) is 10.8 Å². The third-order valence-electron chi connectivity index (χ3n) is 3.67. The molecule has 2 rings (SSSR count). The summed E-state index contributed by atoms with van der Waals surface area (Å²) in [6, 6.07) is 15.3. The van der Waals surface area contributed by atoms with Gasteiger partial charge in [0.2, 0.25) is 0 Å². The number of hydrogen-bond donors (Lipinski definition) is 1. The fourth-order valence-corrected chi connectivity index (χ4v) is 2.71. The number of fused-ring (bicyclic) bond motifs is 1. The van der Waals surface area contributed by atoms with Gasteiger partial charge in [-0.05, 0) is 43.1 Å². The molecule has 2 nitrogen and oxygen atoms in total. The lowest BCUT2D eigenvalue weighted by molar-refractivity contribution is 0.0476. The molecule has 20 heavy (non-hydrogen) atoms. The van der Waals surface area contributed by atoms with Crippen molar-refractivity contribution in [2.24, 2.45) is 0 Å². The summed E-state index contributed by atoms with van der Waals surface area (Å²) in [7, 11) is 0. The minimum atomic E-state index is 0.164. The van der Waals surface area contributed by atoms with E-state index in [1.54, 1.807) is 0 Å². The highest BCUT2D eigenvalue weighted by molar-refractivity contribution is 5.86. The van der Waals surface area contributed by atoms with E-state index >= 15 is 0 Å². The second-order valence-electron chi connectivity index (χ2n) is 5.16. The maximum atomic E-state index is 5.84. The molecular formula is C18H25NO. The number of benzene rings is 2. The standard InChI is InChI=1S/C18H25NO/c1-4-13-19-18(14(3)20-5-2)17-12-8-10-15-9-6-7-11-16(15)17/h6-12,14,18-19H,4-5,13H2,1-3H3. The molecule has 0 bridgehead atoms. The second kappa shape index (κ2) is 7.41. The van der Waals surface area contributed by atoms with Crippen LogP contribution in [0.1, 0.15) is 38.8 Å². The Morgan fingerprint density at radius 1 is 1.05 bits per heavy atom. The van der Waals surface area contributed by atoms with E-state index in [4.69, 9.17) is 4.74 Å². The summed E-state index contributed by atoms with van der Waals surface area (Å²) >= 11 is 0. The Labute approximate surface area is 122 Å². The summed E-state index contributed by atoms with van der Waals surface area (Å²) < 4.78 is 5.84. The summed E-state index contributed by atoms with van der Waals surface area (Å²) in [6.07, 6.45) is 1.29. The van der Waals surface area contributed by atoms with Gasteiger partial charge in [0.15, 0.2) is 0 Å². The highest BCUT2D eigenvalue weighted by Gasteiger charge is 2.20. The van der Waals surface area contributed by atoms with Crippen LogP contribution in [0, 0.1) is 0 Å². The SMILES string of the molecule is CCCNC(c1cccc2ccccc12)C(C)OCC. The molecule has 0 aromatic heterocycles. The molecule has 0 heterocycles. The monoisotopic (exact) mass is 271 g/mol. The van der Waals surface area contributed by atoms with Crippen LogP contribution in [0.4, 0.5) is 0 Å². The van der Waals surface area contributed by atoms with E-state index in [0.29, 0.717) is 0 Å². The van der Waals surface area contributed by atoms with Crippen molar-refractivity contribution in [1.82, 2.24) is 5.32 Å². The van der Waals surface area contributed by atoms with Gasteiger partial charge in [0.1, 0.15) is 0 Å². The Morgan fingerprint density at radius 3 is 2.55 bits per heavy atom. The zero-order chi connectivity index (χ0) is 14.4. The molecule has 2 unspecified atom stereocenters. The molecule has 2 aromatic carbocycles. The normalized spacial score (nSPS) is 14.3. The van der Waals surface area contributed by atoms with Crippen molar-refractivity contribution in [3.05, 3.63) is 48.0 Å². The first-order valence-electron chi connectivity index (χ1n) is 7.60. The molecular weight excluding hydrogens is 246 g/mol. The topological polar surface area (TPSA) is 21.3 Å². The Morgan fingerprint density at radius 2 is 1.80 bits per heavy atom. The summed E-state index contributed by atoms with van der Waals surface area (Å²) in [5.74, 6) is 0.